The molecule has 9 heteroatoms. The summed E-state index contributed by atoms with van der Waals surface area (Å²) in [7, 11) is -3.51. The highest BCUT2D eigenvalue weighted by Crippen LogP contribution is 2.34. The summed E-state index contributed by atoms with van der Waals surface area (Å²) in [6.45, 7) is 1.82. The molecule has 0 aliphatic carbocycles. The van der Waals surface area contributed by atoms with Gasteiger partial charge in [-0.2, -0.15) is 0 Å². The molecule has 162 valence electrons. The second-order valence-corrected chi connectivity index (χ2v) is 8.68. The van der Waals surface area contributed by atoms with Gasteiger partial charge in [-0.3, -0.25) is 9.10 Å². The van der Waals surface area contributed by atoms with Crippen LogP contribution in [0.5, 0.6) is 17.2 Å². The Hall–Kier alpha value is -2.94. The molecule has 30 heavy (non-hydrogen) atoms. The fourth-order valence-corrected chi connectivity index (χ4v) is 3.98. The predicted octanol–water partition coefficient (Wildman–Crippen LogP) is 2.20. The van der Waals surface area contributed by atoms with E-state index in [4.69, 9.17) is 14.2 Å². The number of carbonyl (C=O) groups is 1. The highest BCUT2D eigenvalue weighted by molar-refractivity contribution is 7.92. The molecule has 1 amide bonds. The van der Waals surface area contributed by atoms with Gasteiger partial charge < -0.3 is 19.5 Å². The summed E-state index contributed by atoms with van der Waals surface area (Å²) in [5, 5.41) is 2.78. The van der Waals surface area contributed by atoms with Crippen molar-refractivity contribution < 1.29 is 27.4 Å². The number of para-hydroxylation sites is 1. The Labute approximate surface area is 176 Å². The summed E-state index contributed by atoms with van der Waals surface area (Å²) in [6.07, 6.45) is 1.74. The van der Waals surface area contributed by atoms with E-state index in [0.717, 1.165) is 12.0 Å². The molecule has 0 radical (unpaired) electrons. The van der Waals surface area contributed by atoms with Gasteiger partial charge in [0.1, 0.15) is 25.6 Å². The SMILES string of the molecule is CS(=O)(=O)N(CCCC(=O)NCCOc1ccccc1)c1ccc2c(c1)OCCO2. The van der Waals surface area contributed by atoms with Crippen molar-refractivity contribution >= 4 is 21.6 Å². The monoisotopic (exact) mass is 434 g/mol. The number of hydrogen-bond acceptors (Lipinski definition) is 6. The largest absolute Gasteiger partial charge is 0.492 e. The van der Waals surface area contributed by atoms with Crippen LogP contribution in [0.4, 0.5) is 5.69 Å². The zero-order valence-corrected chi connectivity index (χ0v) is 17.7. The molecule has 8 nitrogen and oxygen atoms in total. The van der Waals surface area contributed by atoms with E-state index in [0.29, 0.717) is 50.0 Å². The van der Waals surface area contributed by atoms with E-state index >= 15 is 0 Å². The second kappa shape index (κ2) is 10.2. The Morgan fingerprint density at radius 3 is 2.57 bits per heavy atom. The maximum absolute atomic E-state index is 12.3. The Balaban J connectivity index is 1.46. The molecule has 0 spiro atoms. The van der Waals surface area contributed by atoms with Gasteiger partial charge in [0.15, 0.2) is 11.5 Å². The standard InChI is InChI=1S/C21H26N2O6S/c1-30(25,26)23(17-9-10-19-20(16-17)29-15-14-28-19)12-5-8-21(24)22-11-13-27-18-6-3-2-4-7-18/h2-4,6-7,9-10,16H,5,8,11-15H2,1H3,(H,22,24). The summed E-state index contributed by atoms with van der Waals surface area (Å²) in [6, 6.07) is 14.4. The smallest absolute Gasteiger partial charge is 0.232 e. The van der Waals surface area contributed by atoms with Crippen molar-refractivity contribution in [2.45, 2.75) is 12.8 Å². The van der Waals surface area contributed by atoms with Gasteiger partial charge in [0.25, 0.3) is 0 Å². The van der Waals surface area contributed by atoms with Gasteiger partial charge in [0.05, 0.1) is 18.5 Å². The maximum atomic E-state index is 12.3. The van der Waals surface area contributed by atoms with Crippen LogP contribution >= 0.6 is 0 Å². The zero-order chi connectivity index (χ0) is 21.4. The van der Waals surface area contributed by atoms with Crippen molar-refractivity contribution in [3.05, 3.63) is 48.5 Å². The average Bonchev–Trinajstić information content (AvgIpc) is 2.74. The lowest BCUT2D eigenvalue weighted by atomic mass is 10.2. The number of anilines is 1. The number of nitrogens with one attached hydrogen (secondary N) is 1. The molecule has 0 fully saturated rings. The summed E-state index contributed by atoms with van der Waals surface area (Å²) >= 11 is 0. The molecule has 0 unspecified atom stereocenters. The summed E-state index contributed by atoms with van der Waals surface area (Å²) in [5.41, 5.74) is 0.485. The van der Waals surface area contributed by atoms with E-state index in [2.05, 4.69) is 5.32 Å². The lowest BCUT2D eigenvalue weighted by Gasteiger charge is -2.25. The van der Waals surface area contributed by atoms with Crippen LogP contribution in [-0.2, 0) is 14.8 Å². The predicted molar refractivity (Wildman–Crippen MR) is 114 cm³/mol. The third-order valence-corrected chi connectivity index (χ3v) is 5.61. The van der Waals surface area contributed by atoms with Gasteiger partial charge in [-0.05, 0) is 30.7 Å². The number of ether oxygens (including phenoxy) is 3. The van der Waals surface area contributed by atoms with Crippen LogP contribution in [0, 0.1) is 0 Å². The van der Waals surface area contributed by atoms with E-state index < -0.39 is 10.0 Å². The molecule has 0 saturated carbocycles. The van der Waals surface area contributed by atoms with Crippen molar-refractivity contribution in [2.24, 2.45) is 0 Å². The van der Waals surface area contributed by atoms with Gasteiger partial charge >= 0.3 is 0 Å². The Morgan fingerprint density at radius 2 is 1.83 bits per heavy atom. The molecule has 0 aromatic heterocycles. The normalized spacial score (nSPS) is 12.8. The third-order valence-electron chi connectivity index (χ3n) is 4.42. The lowest BCUT2D eigenvalue weighted by molar-refractivity contribution is -0.121. The van der Waals surface area contributed by atoms with E-state index in [1.165, 1.54) is 4.31 Å². The first-order valence-corrected chi connectivity index (χ1v) is 11.6. The first kappa shape index (κ1) is 21.8. The summed E-state index contributed by atoms with van der Waals surface area (Å²) in [4.78, 5) is 12.0. The minimum Gasteiger partial charge on any atom is -0.492 e. The molecule has 0 bridgehead atoms. The summed E-state index contributed by atoms with van der Waals surface area (Å²) in [5.74, 6) is 1.70. The zero-order valence-electron chi connectivity index (χ0n) is 16.9. The fourth-order valence-electron chi connectivity index (χ4n) is 3.02. The van der Waals surface area contributed by atoms with Crippen LogP contribution in [0.1, 0.15) is 12.8 Å². The van der Waals surface area contributed by atoms with Crippen LogP contribution < -0.4 is 23.8 Å². The van der Waals surface area contributed by atoms with E-state index in [9.17, 15) is 13.2 Å². The highest BCUT2D eigenvalue weighted by Gasteiger charge is 2.21. The van der Waals surface area contributed by atoms with Gasteiger partial charge in [-0.1, -0.05) is 18.2 Å². The summed E-state index contributed by atoms with van der Waals surface area (Å²) < 4.78 is 42.3. The van der Waals surface area contributed by atoms with Crippen molar-refractivity contribution in [2.75, 3.05) is 43.5 Å². The molecule has 3 rings (SSSR count). The first-order valence-electron chi connectivity index (χ1n) is 9.75. The molecule has 2 aromatic rings. The van der Waals surface area contributed by atoms with Crippen LogP contribution in [0.25, 0.3) is 0 Å². The third kappa shape index (κ3) is 6.28. The first-order chi connectivity index (χ1) is 14.4. The Bertz CT molecular complexity index is 949. The molecule has 2 aromatic carbocycles. The molecule has 1 heterocycles. The number of amides is 1. The number of carbonyl (C=O) groups excluding carboxylic acids is 1. The van der Waals surface area contributed by atoms with Crippen LogP contribution in [-0.4, -0.2) is 53.5 Å². The molecule has 0 atom stereocenters. The van der Waals surface area contributed by atoms with E-state index in [1.807, 2.05) is 30.3 Å². The van der Waals surface area contributed by atoms with Crippen LogP contribution in [0.2, 0.25) is 0 Å². The number of nitrogens with zero attached hydrogens (tertiary/aromatic N) is 1. The highest BCUT2D eigenvalue weighted by atomic mass is 32.2. The fraction of sp³-hybridized carbons (Fsp3) is 0.381. The number of fused-ring (bicyclic) bond motifs is 1. The van der Waals surface area contributed by atoms with Crippen LogP contribution in [0.3, 0.4) is 0 Å². The van der Waals surface area contributed by atoms with E-state index in [-0.39, 0.29) is 18.9 Å². The second-order valence-electron chi connectivity index (χ2n) is 6.78. The molecule has 1 N–H and O–H groups in total. The van der Waals surface area contributed by atoms with Crippen molar-refractivity contribution in [3.63, 3.8) is 0 Å². The number of sulfonamides is 1. The molecular weight excluding hydrogens is 408 g/mol. The van der Waals surface area contributed by atoms with Crippen molar-refractivity contribution in [3.8, 4) is 17.2 Å². The van der Waals surface area contributed by atoms with Crippen molar-refractivity contribution in [1.29, 1.82) is 0 Å². The topological polar surface area (TPSA) is 94.2 Å². The minimum atomic E-state index is -3.51. The minimum absolute atomic E-state index is 0.151. The molecule has 1 aliphatic heterocycles. The number of hydrogen-bond donors (Lipinski definition) is 1. The van der Waals surface area contributed by atoms with Gasteiger partial charge in [-0.15, -0.1) is 0 Å². The van der Waals surface area contributed by atoms with Gasteiger partial charge in [0.2, 0.25) is 15.9 Å². The number of benzene rings is 2. The number of rotatable bonds is 10. The maximum Gasteiger partial charge on any atom is 0.232 e. The molecule has 0 saturated heterocycles. The Kier molecular flexibility index (Phi) is 7.40. The van der Waals surface area contributed by atoms with Gasteiger partial charge in [0, 0.05) is 19.0 Å². The van der Waals surface area contributed by atoms with Crippen molar-refractivity contribution in [1.82, 2.24) is 5.32 Å². The quantitative estimate of drug-likeness (QED) is 0.576. The van der Waals surface area contributed by atoms with Crippen LogP contribution in [0.15, 0.2) is 48.5 Å². The van der Waals surface area contributed by atoms with Gasteiger partial charge in [-0.25, -0.2) is 8.42 Å². The Morgan fingerprint density at radius 1 is 1.10 bits per heavy atom. The average molecular weight is 435 g/mol. The lowest BCUT2D eigenvalue weighted by Crippen LogP contribution is -2.33. The molecule has 1 aliphatic rings. The van der Waals surface area contributed by atoms with E-state index in [1.54, 1.807) is 18.2 Å². The molecular formula is C21H26N2O6S.